The Bertz CT molecular complexity index is 472. The maximum Gasteiger partial charge on any atom is 0.236 e. The van der Waals surface area contributed by atoms with Crippen LogP contribution in [0.25, 0.3) is 0 Å². The largest absolute Gasteiger partial charge is 0.340 e. The van der Waals surface area contributed by atoms with E-state index >= 15 is 0 Å². The van der Waals surface area contributed by atoms with Crippen molar-refractivity contribution in [2.45, 2.75) is 57.5 Å². The highest BCUT2D eigenvalue weighted by molar-refractivity contribution is 5.85. The zero-order chi connectivity index (χ0) is 17.1. The minimum atomic E-state index is 0. The monoisotopic (exact) mass is 408 g/mol. The number of piperazine rings is 1. The summed E-state index contributed by atoms with van der Waals surface area (Å²) in [5, 5.41) is 0. The van der Waals surface area contributed by atoms with E-state index in [1.807, 2.05) is 9.80 Å². The molecule has 1 saturated carbocycles. The van der Waals surface area contributed by atoms with E-state index in [0.29, 0.717) is 12.6 Å². The molecule has 3 aliphatic rings. The highest BCUT2D eigenvalue weighted by Gasteiger charge is 2.33. The molecule has 8 heteroatoms. The van der Waals surface area contributed by atoms with E-state index in [9.17, 15) is 9.59 Å². The maximum absolute atomic E-state index is 12.5. The molecule has 1 aliphatic carbocycles. The van der Waals surface area contributed by atoms with Crippen LogP contribution in [0.2, 0.25) is 0 Å². The fraction of sp³-hybridized carbons (Fsp3) is 0.889. The third-order valence-corrected chi connectivity index (χ3v) is 5.99. The van der Waals surface area contributed by atoms with Crippen molar-refractivity contribution in [3.63, 3.8) is 0 Å². The van der Waals surface area contributed by atoms with E-state index in [4.69, 9.17) is 5.73 Å². The molecule has 6 nitrogen and oxygen atoms in total. The second kappa shape index (κ2) is 10.7. The molecule has 3 atom stereocenters. The lowest BCUT2D eigenvalue weighted by atomic mass is 10.0. The van der Waals surface area contributed by atoms with E-state index in [0.717, 1.165) is 64.8 Å². The molecule has 0 spiro atoms. The first-order valence-electron chi connectivity index (χ1n) is 9.61. The Morgan fingerprint density at radius 3 is 2.23 bits per heavy atom. The van der Waals surface area contributed by atoms with Gasteiger partial charge >= 0.3 is 0 Å². The van der Waals surface area contributed by atoms with Gasteiger partial charge in [-0.25, -0.2) is 0 Å². The lowest BCUT2D eigenvalue weighted by Gasteiger charge is -2.38. The van der Waals surface area contributed by atoms with Gasteiger partial charge in [0.1, 0.15) is 0 Å². The van der Waals surface area contributed by atoms with Crippen molar-refractivity contribution in [2.75, 3.05) is 39.3 Å². The number of nitrogens with zero attached hydrogens (tertiary/aromatic N) is 3. The van der Waals surface area contributed by atoms with E-state index in [1.54, 1.807) is 0 Å². The maximum atomic E-state index is 12.5. The second-order valence-electron chi connectivity index (χ2n) is 7.80. The summed E-state index contributed by atoms with van der Waals surface area (Å²) in [6.45, 7) is 6.65. The lowest BCUT2D eigenvalue weighted by molar-refractivity contribution is -0.139. The van der Waals surface area contributed by atoms with Gasteiger partial charge in [0.2, 0.25) is 11.8 Å². The van der Waals surface area contributed by atoms with Crippen LogP contribution >= 0.6 is 24.8 Å². The van der Waals surface area contributed by atoms with Crippen LogP contribution in [0.1, 0.15) is 45.4 Å². The van der Waals surface area contributed by atoms with Gasteiger partial charge in [-0.05, 0) is 45.4 Å². The van der Waals surface area contributed by atoms with Crippen LogP contribution in [0.5, 0.6) is 0 Å². The first-order chi connectivity index (χ1) is 11.5. The summed E-state index contributed by atoms with van der Waals surface area (Å²) in [5.41, 5.74) is 5.93. The van der Waals surface area contributed by atoms with Crippen LogP contribution in [0, 0.1) is 5.92 Å². The van der Waals surface area contributed by atoms with Crippen molar-refractivity contribution in [3.8, 4) is 0 Å². The number of piperidine rings is 1. The van der Waals surface area contributed by atoms with E-state index in [-0.39, 0.29) is 48.6 Å². The SMILES string of the molecule is CC1CCCCN1C(=O)CN1CCN(C(=O)C2CCC(N)C2)CC1.Cl.Cl. The van der Waals surface area contributed by atoms with E-state index in [2.05, 4.69) is 11.8 Å². The molecule has 0 aromatic carbocycles. The van der Waals surface area contributed by atoms with Gasteiger partial charge in [-0.1, -0.05) is 0 Å². The summed E-state index contributed by atoms with van der Waals surface area (Å²) in [4.78, 5) is 31.3. The van der Waals surface area contributed by atoms with Crippen LogP contribution in [-0.4, -0.2) is 77.9 Å². The van der Waals surface area contributed by atoms with Gasteiger partial charge < -0.3 is 15.5 Å². The summed E-state index contributed by atoms with van der Waals surface area (Å²) in [6, 6.07) is 0.574. The molecule has 2 amide bonds. The molecular weight excluding hydrogens is 375 g/mol. The van der Waals surface area contributed by atoms with Crippen LogP contribution in [0.4, 0.5) is 0 Å². The molecule has 3 unspecified atom stereocenters. The van der Waals surface area contributed by atoms with Crippen molar-refractivity contribution in [1.82, 2.24) is 14.7 Å². The predicted molar refractivity (Wildman–Crippen MR) is 108 cm³/mol. The van der Waals surface area contributed by atoms with Crippen molar-refractivity contribution in [1.29, 1.82) is 0 Å². The van der Waals surface area contributed by atoms with Crippen LogP contribution in [0.3, 0.4) is 0 Å². The van der Waals surface area contributed by atoms with Crippen molar-refractivity contribution < 1.29 is 9.59 Å². The number of halogens is 2. The highest BCUT2D eigenvalue weighted by Crippen LogP contribution is 2.26. The van der Waals surface area contributed by atoms with Crippen LogP contribution in [-0.2, 0) is 9.59 Å². The summed E-state index contributed by atoms with van der Waals surface area (Å²) >= 11 is 0. The topological polar surface area (TPSA) is 69.9 Å². The number of nitrogens with two attached hydrogens (primary N) is 1. The van der Waals surface area contributed by atoms with Gasteiger partial charge in [0, 0.05) is 50.7 Å². The van der Waals surface area contributed by atoms with Gasteiger partial charge in [0.25, 0.3) is 0 Å². The Kier molecular flexibility index (Phi) is 9.65. The molecule has 3 fully saturated rings. The zero-order valence-electron chi connectivity index (χ0n) is 15.8. The van der Waals surface area contributed by atoms with Crippen LogP contribution in [0.15, 0.2) is 0 Å². The summed E-state index contributed by atoms with van der Waals surface area (Å²) in [7, 11) is 0. The Hall–Kier alpha value is -0.560. The third kappa shape index (κ3) is 5.72. The van der Waals surface area contributed by atoms with Gasteiger partial charge in [0.15, 0.2) is 0 Å². The van der Waals surface area contributed by atoms with Gasteiger partial charge in [0.05, 0.1) is 6.54 Å². The average Bonchev–Trinajstić information content (AvgIpc) is 3.02. The zero-order valence-corrected chi connectivity index (χ0v) is 17.4. The van der Waals surface area contributed by atoms with E-state index in [1.165, 1.54) is 6.42 Å². The minimum absolute atomic E-state index is 0. The Morgan fingerprint density at radius 2 is 1.65 bits per heavy atom. The fourth-order valence-corrected chi connectivity index (χ4v) is 4.38. The lowest BCUT2D eigenvalue weighted by Crippen LogP contribution is -2.53. The van der Waals surface area contributed by atoms with E-state index < -0.39 is 0 Å². The summed E-state index contributed by atoms with van der Waals surface area (Å²) in [6.07, 6.45) is 6.23. The standard InChI is InChI=1S/C18H32N4O2.2ClH/c1-14-4-2-3-7-22(14)17(23)13-20-8-10-21(11-9-20)18(24)15-5-6-16(19)12-15;;/h14-16H,2-13,19H2,1H3;2*1H. The molecule has 0 radical (unpaired) electrons. The third-order valence-electron chi connectivity index (χ3n) is 5.99. The van der Waals surface area contributed by atoms with Crippen molar-refractivity contribution in [3.05, 3.63) is 0 Å². The second-order valence-corrected chi connectivity index (χ2v) is 7.80. The molecule has 0 bridgehead atoms. The number of carbonyl (C=O) groups is 2. The molecular formula is C18H34Cl2N4O2. The Balaban J connectivity index is 0.00000169. The number of carbonyl (C=O) groups excluding carboxylic acids is 2. The quantitative estimate of drug-likeness (QED) is 0.767. The Morgan fingerprint density at radius 1 is 0.962 bits per heavy atom. The number of hydrogen-bond acceptors (Lipinski definition) is 4. The molecule has 0 aromatic heterocycles. The Labute approximate surface area is 169 Å². The van der Waals surface area contributed by atoms with Gasteiger partial charge in [-0.15, -0.1) is 24.8 Å². The smallest absolute Gasteiger partial charge is 0.236 e. The molecule has 0 aromatic rings. The molecule has 2 heterocycles. The van der Waals surface area contributed by atoms with Crippen molar-refractivity contribution >= 4 is 36.6 Å². The molecule has 152 valence electrons. The number of amides is 2. The van der Waals surface area contributed by atoms with Crippen molar-refractivity contribution in [2.24, 2.45) is 11.7 Å². The van der Waals surface area contributed by atoms with Crippen LogP contribution < -0.4 is 5.73 Å². The molecule has 2 saturated heterocycles. The summed E-state index contributed by atoms with van der Waals surface area (Å²) < 4.78 is 0. The molecule has 26 heavy (non-hydrogen) atoms. The predicted octanol–water partition coefficient (Wildman–Crippen LogP) is 1.50. The number of likely N-dealkylation sites (tertiary alicyclic amines) is 1. The number of rotatable bonds is 3. The highest BCUT2D eigenvalue weighted by atomic mass is 35.5. The first kappa shape index (κ1) is 23.5. The molecule has 2 aliphatic heterocycles. The summed E-state index contributed by atoms with van der Waals surface area (Å²) in [5.74, 6) is 0.657. The molecule has 3 rings (SSSR count). The first-order valence-corrected chi connectivity index (χ1v) is 9.61. The average molecular weight is 409 g/mol. The normalized spacial score (nSPS) is 29.7. The van der Waals surface area contributed by atoms with Gasteiger partial charge in [-0.3, -0.25) is 14.5 Å². The minimum Gasteiger partial charge on any atom is -0.340 e. The molecule has 2 N–H and O–H groups in total. The van der Waals surface area contributed by atoms with Gasteiger partial charge in [-0.2, -0.15) is 0 Å². The fourth-order valence-electron chi connectivity index (χ4n) is 4.38. The number of hydrogen-bond donors (Lipinski definition) is 1.